The third-order valence-corrected chi connectivity index (χ3v) is 5.00. The van der Waals surface area contributed by atoms with Crippen molar-refractivity contribution in [2.45, 2.75) is 19.6 Å². The first-order valence-electron chi connectivity index (χ1n) is 8.71. The minimum absolute atomic E-state index is 0.411. The summed E-state index contributed by atoms with van der Waals surface area (Å²) in [6, 6.07) is 21.4. The molecule has 0 spiro atoms. The first-order chi connectivity index (χ1) is 13.1. The lowest BCUT2D eigenvalue weighted by molar-refractivity contribution is 0.306. The van der Waals surface area contributed by atoms with Crippen LogP contribution < -0.4 is 10.1 Å². The molecule has 0 radical (unpaired) electrons. The van der Waals surface area contributed by atoms with Crippen molar-refractivity contribution in [1.29, 1.82) is 0 Å². The Balaban J connectivity index is 1.42. The lowest BCUT2D eigenvalue weighted by Gasteiger charge is -2.09. The van der Waals surface area contributed by atoms with E-state index in [9.17, 15) is 0 Å². The summed E-state index contributed by atoms with van der Waals surface area (Å²) in [5, 5.41) is 5.46. The average molecular weight is 421 g/mol. The van der Waals surface area contributed by atoms with Crippen LogP contribution >= 0.6 is 34.8 Å². The zero-order chi connectivity index (χ0) is 19.1. The monoisotopic (exact) mass is 419 g/mol. The molecule has 27 heavy (non-hydrogen) atoms. The van der Waals surface area contributed by atoms with Crippen LogP contribution in [0.4, 0.5) is 0 Å². The number of rotatable bonds is 8. The minimum Gasteiger partial charge on any atom is -0.489 e. The predicted molar refractivity (Wildman–Crippen MR) is 114 cm³/mol. The van der Waals surface area contributed by atoms with Gasteiger partial charge in [0, 0.05) is 27.2 Å². The van der Waals surface area contributed by atoms with Crippen LogP contribution in [0.3, 0.4) is 0 Å². The van der Waals surface area contributed by atoms with Gasteiger partial charge in [-0.05, 0) is 60.5 Å². The molecule has 0 unspecified atom stereocenters. The molecule has 0 amide bonds. The molecular formula is C22H20Cl3NO. The van der Waals surface area contributed by atoms with Gasteiger partial charge >= 0.3 is 0 Å². The molecule has 0 saturated heterocycles. The summed E-state index contributed by atoms with van der Waals surface area (Å²) in [4.78, 5) is 0. The first-order valence-corrected chi connectivity index (χ1v) is 9.84. The molecule has 5 heteroatoms. The fourth-order valence-corrected chi connectivity index (χ4v) is 3.21. The highest BCUT2D eigenvalue weighted by Gasteiger charge is 2.03. The fourth-order valence-electron chi connectivity index (χ4n) is 2.62. The number of hydrogen-bond acceptors (Lipinski definition) is 2. The van der Waals surface area contributed by atoms with E-state index < -0.39 is 0 Å². The SMILES string of the molecule is Clc1ccc(CCNCc2ccc(OCc3ccc(Cl)cc3Cl)cc2)cc1. The summed E-state index contributed by atoms with van der Waals surface area (Å²) in [5.74, 6) is 0.811. The Labute approximate surface area is 175 Å². The summed E-state index contributed by atoms with van der Waals surface area (Å²) in [5.41, 5.74) is 3.40. The van der Waals surface area contributed by atoms with E-state index >= 15 is 0 Å². The average Bonchev–Trinajstić information content (AvgIpc) is 2.67. The van der Waals surface area contributed by atoms with Crippen LogP contribution in [0.15, 0.2) is 66.7 Å². The van der Waals surface area contributed by atoms with E-state index in [1.165, 1.54) is 11.1 Å². The molecule has 0 aromatic heterocycles. The molecule has 2 nitrogen and oxygen atoms in total. The molecule has 0 aliphatic heterocycles. The van der Waals surface area contributed by atoms with Crippen molar-refractivity contribution in [2.75, 3.05) is 6.54 Å². The van der Waals surface area contributed by atoms with E-state index in [0.29, 0.717) is 16.7 Å². The number of benzene rings is 3. The Bertz CT molecular complexity index is 864. The molecule has 3 rings (SSSR count). The maximum absolute atomic E-state index is 6.16. The maximum Gasteiger partial charge on any atom is 0.119 e. The highest BCUT2D eigenvalue weighted by atomic mass is 35.5. The van der Waals surface area contributed by atoms with Gasteiger partial charge in [-0.2, -0.15) is 0 Å². The van der Waals surface area contributed by atoms with Gasteiger partial charge in [0.25, 0.3) is 0 Å². The first kappa shape index (κ1) is 20.0. The lowest BCUT2D eigenvalue weighted by Crippen LogP contribution is -2.16. The second-order valence-corrected chi connectivity index (χ2v) is 7.50. The van der Waals surface area contributed by atoms with E-state index in [4.69, 9.17) is 39.5 Å². The summed E-state index contributed by atoms with van der Waals surface area (Å²) in [6.07, 6.45) is 0.972. The molecule has 0 fully saturated rings. The van der Waals surface area contributed by atoms with Crippen molar-refractivity contribution in [3.63, 3.8) is 0 Å². The summed E-state index contributed by atoms with van der Waals surface area (Å²) >= 11 is 18.0. The van der Waals surface area contributed by atoms with Crippen molar-refractivity contribution in [1.82, 2.24) is 5.32 Å². The molecule has 0 saturated carbocycles. The second-order valence-electron chi connectivity index (χ2n) is 6.22. The zero-order valence-corrected chi connectivity index (χ0v) is 17.0. The Morgan fingerprint density at radius 3 is 2.11 bits per heavy atom. The van der Waals surface area contributed by atoms with Crippen molar-refractivity contribution in [3.05, 3.63) is 98.5 Å². The predicted octanol–water partition coefficient (Wildman–Crippen LogP) is 6.56. The lowest BCUT2D eigenvalue weighted by atomic mass is 10.1. The summed E-state index contributed by atoms with van der Waals surface area (Å²) in [7, 11) is 0. The van der Waals surface area contributed by atoms with Crippen LogP contribution in [0.1, 0.15) is 16.7 Å². The Morgan fingerprint density at radius 2 is 1.41 bits per heavy atom. The summed E-state index contributed by atoms with van der Waals surface area (Å²) < 4.78 is 5.80. The highest BCUT2D eigenvalue weighted by molar-refractivity contribution is 6.35. The van der Waals surface area contributed by atoms with Crippen LogP contribution in [0, 0.1) is 0 Å². The van der Waals surface area contributed by atoms with Crippen molar-refractivity contribution in [3.8, 4) is 5.75 Å². The Hall–Kier alpha value is -1.71. The summed E-state index contributed by atoms with van der Waals surface area (Å²) in [6.45, 7) is 2.14. The molecule has 0 aliphatic rings. The van der Waals surface area contributed by atoms with Crippen molar-refractivity contribution >= 4 is 34.8 Å². The van der Waals surface area contributed by atoms with Gasteiger partial charge in [-0.1, -0.05) is 65.1 Å². The van der Waals surface area contributed by atoms with Gasteiger partial charge in [0.15, 0.2) is 0 Å². The largest absolute Gasteiger partial charge is 0.489 e. The molecule has 3 aromatic rings. The maximum atomic E-state index is 6.16. The van der Waals surface area contributed by atoms with Crippen LogP contribution in [0.25, 0.3) is 0 Å². The molecule has 140 valence electrons. The zero-order valence-electron chi connectivity index (χ0n) is 14.7. The van der Waals surface area contributed by atoms with Gasteiger partial charge in [0.2, 0.25) is 0 Å². The number of hydrogen-bond donors (Lipinski definition) is 1. The number of ether oxygens (including phenoxy) is 1. The fraction of sp³-hybridized carbons (Fsp3) is 0.182. The van der Waals surface area contributed by atoms with Gasteiger partial charge in [-0.15, -0.1) is 0 Å². The van der Waals surface area contributed by atoms with E-state index in [-0.39, 0.29) is 0 Å². The van der Waals surface area contributed by atoms with Crippen LogP contribution in [-0.2, 0) is 19.6 Å². The molecule has 0 aliphatic carbocycles. The molecular weight excluding hydrogens is 401 g/mol. The standard InChI is InChI=1S/C22H20Cl3NO/c23-19-6-1-16(2-7-19)11-12-26-14-17-3-9-21(10-4-17)27-15-18-5-8-20(24)13-22(18)25/h1-10,13,26H,11-12,14-15H2. The van der Waals surface area contributed by atoms with Gasteiger partial charge < -0.3 is 10.1 Å². The normalized spacial score (nSPS) is 10.8. The van der Waals surface area contributed by atoms with Gasteiger partial charge in [0.05, 0.1) is 0 Å². The number of halogens is 3. The van der Waals surface area contributed by atoms with E-state index in [2.05, 4.69) is 29.6 Å². The highest BCUT2D eigenvalue weighted by Crippen LogP contribution is 2.23. The van der Waals surface area contributed by atoms with Crippen LogP contribution in [0.2, 0.25) is 15.1 Å². The van der Waals surface area contributed by atoms with Gasteiger partial charge in [-0.25, -0.2) is 0 Å². The minimum atomic E-state index is 0.411. The molecule has 3 aromatic carbocycles. The smallest absolute Gasteiger partial charge is 0.119 e. The van der Waals surface area contributed by atoms with Gasteiger partial charge in [0.1, 0.15) is 12.4 Å². The second kappa shape index (κ2) is 10.0. The van der Waals surface area contributed by atoms with E-state index in [1.807, 2.05) is 36.4 Å². The molecule has 0 heterocycles. The molecule has 1 N–H and O–H groups in total. The van der Waals surface area contributed by atoms with Gasteiger partial charge in [-0.3, -0.25) is 0 Å². The van der Waals surface area contributed by atoms with E-state index in [1.54, 1.807) is 6.07 Å². The van der Waals surface area contributed by atoms with Crippen molar-refractivity contribution in [2.24, 2.45) is 0 Å². The Kier molecular flexibility index (Phi) is 7.42. The van der Waals surface area contributed by atoms with E-state index in [0.717, 1.165) is 35.8 Å². The number of nitrogens with one attached hydrogen (secondary N) is 1. The van der Waals surface area contributed by atoms with Crippen LogP contribution in [0.5, 0.6) is 5.75 Å². The quantitative estimate of drug-likeness (QED) is 0.417. The third-order valence-electron chi connectivity index (χ3n) is 4.17. The van der Waals surface area contributed by atoms with Crippen LogP contribution in [-0.4, -0.2) is 6.54 Å². The third kappa shape index (κ3) is 6.44. The molecule has 0 bridgehead atoms. The topological polar surface area (TPSA) is 21.3 Å². The van der Waals surface area contributed by atoms with Crippen molar-refractivity contribution < 1.29 is 4.74 Å². The molecule has 0 atom stereocenters. The Morgan fingerprint density at radius 1 is 0.741 bits per heavy atom.